The molecule has 22 heavy (non-hydrogen) atoms. The van der Waals surface area contributed by atoms with E-state index >= 15 is 0 Å². The Morgan fingerprint density at radius 1 is 1.18 bits per heavy atom. The summed E-state index contributed by atoms with van der Waals surface area (Å²) in [6, 6.07) is 12.6. The highest BCUT2D eigenvalue weighted by molar-refractivity contribution is 6.34. The Morgan fingerprint density at radius 2 is 1.95 bits per heavy atom. The van der Waals surface area contributed by atoms with Gasteiger partial charge in [-0.05, 0) is 25.1 Å². The Labute approximate surface area is 137 Å². The van der Waals surface area contributed by atoms with Crippen LogP contribution >= 0.6 is 23.2 Å². The minimum Gasteiger partial charge on any atom is -0.484 e. The van der Waals surface area contributed by atoms with Gasteiger partial charge in [0.25, 0.3) is 0 Å². The van der Waals surface area contributed by atoms with E-state index in [9.17, 15) is 4.79 Å². The summed E-state index contributed by atoms with van der Waals surface area (Å²) in [4.78, 5) is 15.7. The molecular weight excluding hydrogens is 321 g/mol. The van der Waals surface area contributed by atoms with Crippen LogP contribution in [0.4, 0.5) is 0 Å². The third-order valence-corrected chi connectivity index (χ3v) is 3.97. The minimum atomic E-state index is -0.106. The van der Waals surface area contributed by atoms with E-state index in [1.807, 2.05) is 31.2 Å². The van der Waals surface area contributed by atoms with Gasteiger partial charge in [-0.1, -0.05) is 41.4 Å². The number of hydrogen-bond donors (Lipinski definition) is 1. The van der Waals surface area contributed by atoms with Crippen LogP contribution in [-0.2, 0) is 0 Å². The first-order chi connectivity index (χ1) is 10.6. The van der Waals surface area contributed by atoms with E-state index in [0.29, 0.717) is 21.4 Å². The number of carbonyl (C=O) groups excluding carboxylic acids is 1. The minimum absolute atomic E-state index is 0.0945. The van der Waals surface area contributed by atoms with Crippen molar-refractivity contribution in [1.29, 1.82) is 0 Å². The van der Waals surface area contributed by atoms with Crippen LogP contribution in [0.5, 0.6) is 5.75 Å². The van der Waals surface area contributed by atoms with Gasteiger partial charge < -0.3 is 9.72 Å². The zero-order chi connectivity index (χ0) is 15.7. The molecule has 0 atom stereocenters. The molecule has 3 nitrogen and oxygen atoms in total. The first kappa shape index (κ1) is 14.9. The number of para-hydroxylation sites is 1. The Kier molecular flexibility index (Phi) is 4.10. The van der Waals surface area contributed by atoms with E-state index in [-0.39, 0.29) is 12.4 Å². The third kappa shape index (κ3) is 2.82. The predicted octanol–water partition coefficient (Wildman–Crippen LogP) is 5.04. The SMILES string of the molecule is Cc1[nH]c2ccccc2c1C(=O)COc1cc(Cl)ccc1Cl. The standard InChI is InChI=1S/C17H13Cl2NO2/c1-10-17(12-4-2-3-5-14(12)20-10)15(21)9-22-16-8-11(18)6-7-13(16)19/h2-8,20H,9H2,1H3. The van der Waals surface area contributed by atoms with E-state index in [0.717, 1.165) is 16.6 Å². The number of aromatic amines is 1. The highest BCUT2D eigenvalue weighted by atomic mass is 35.5. The monoisotopic (exact) mass is 333 g/mol. The molecule has 3 aromatic rings. The zero-order valence-corrected chi connectivity index (χ0v) is 13.3. The fraction of sp³-hybridized carbons (Fsp3) is 0.118. The van der Waals surface area contributed by atoms with Crippen molar-refractivity contribution in [2.75, 3.05) is 6.61 Å². The molecule has 0 bridgehead atoms. The van der Waals surface area contributed by atoms with Gasteiger partial charge in [-0.15, -0.1) is 0 Å². The Balaban J connectivity index is 1.85. The van der Waals surface area contributed by atoms with Gasteiger partial charge in [0.2, 0.25) is 5.78 Å². The predicted molar refractivity (Wildman–Crippen MR) is 89.3 cm³/mol. The largest absolute Gasteiger partial charge is 0.484 e. The van der Waals surface area contributed by atoms with Gasteiger partial charge in [0.05, 0.1) is 5.02 Å². The smallest absolute Gasteiger partial charge is 0.202 e. The number of ketones is 1. The fourth-order valence-corrected chi connectivity index (χ4v) is 2.77. The van der Waals surface area contributed by atoms with Crippen LogP contribution in [-0.4, -0.2) is 17.4 Å². The van der Waals surface area contributed by atoms with Crippen molar-refractivity contribution in [3.63, 3.8) is 0 Å². The Morgan fingerprint density at radius 3 is 2.77 bits per heavy atom. The number of H-pyrrole nitrogens is 1. The van der Waals surface area contributed by atoms with Crippen molar-refractivity contribution in [2.45, 2.75) is 6.92 Å². The molecule has 0 amide bonds. The average Bonchev–Trinajstić information content (AvgIpc) is 2.83. The molecular formula is C17H13Cl2NO2. The van der Waals surface area contributed by atoms with Crippen molar-refractivity contribution in [3.05, 3.63) is 63.8 Å². The zero-order valence-electron chi connectivity index (χ0n) is 11.8. The summed E-state index contributed by atoms with van der Waals surface area (Å²) in [5, 5.41) is 1.83. The maximum absolute atomic E-state index is 12.5. The molecule has 1 aromatic heterocycles. The van der Waals surface area contributed by atoms with Crippen LogP contribution in [0.3, 0.4) is 0 Å². The molecule has 1 N–H and O–H groups in total. The molecule has 0 radical (unpaired) electrons. The van der Waals surface area contributed by atoms with Gasteiger partial charge in [0.1, 0.15) is 5.75 Å². The number of benzene rings is 2. The van der Waals surface area contributed by atoms with Crippen LogP contribution in [0.1, 0.15) is 16.1 Å². The number of aryl methyl sites for hydroxylation is 1. The molecule has 0 saturated carbocycles. The molecule has 0 unspecified atom stereocenters. The third-order valence-electron chi connectivity index (χ3n) is 3.42. The lowest BCUT2D eigenvalue weighted by molar-refractivity contribution is 0.0922. The van der Waals surface area contributed by atoms with Gasteiger partial charge >= 0.3 is 0 Å². The van der Waals surface area contributed by atoms with Crippen molar-refractivity contribution in [2.24, 2.45) is 0 Å². The van der Waals surface area contributed by atoms with Gasteiger partial charge in [0.15, 0.2) is 6.61 Å². The lowest BCUT2D eigenvalue weighted by Crippen LogP contribution is -2.12. The molecule has 0 aliphatic carbocycles. The number of hydrogen-bond acceptors (Lipinski definition) is 2. The van der Waals surface area contributed by atoms with E-state index in [1.54, 1.807) is 18.2 Å². The van der Waals surface area contributed by atoms with Gasteiger partial charge in [-0.25, -0.2) is 0 Å². The van der Waals surface area contributed by atoms with Gasteiger partial charge in [0, 0.05) is 33.2 Å². The summed E-state index contributed by atoms with van der Waals surface area (Å²) in [7, 11) is 0. The topological polar surface area (TPSA) is 42.1 Å². The van der Waals surface area contributed by atoms with E-state index in [4.69, 9.17) is 27.9 Å². The second-order valence-electron chi connectivity index (χ2n) is 4.96. The highest BCUT2D eigenvalue weighted by Gasteiger charge is 2.16. The Hall–Kier alpha value is -1.97. The second-order valence-corrected chi connectivity index (χ2v) is 5.80. The average molecular weight is 334 g/mol. The molecule has 0 fully saturated rings. The molecule has 2 aromatic carbocycles. The van der Waals surface area contributed by atoms with Crippen LogP contribution in [0.2, 0.25) is 10.0 Å². The van der Waals surface area contributed by atoms with Gasteiger partial charge in [-0.3, -0.25) is 4.79 Å². The van der Waals surface area contributed by atoms with Crippen molar-refractivity contribution in [1.82, 2.24) is 4.98 Å². The summed E-state index contributed by atoms with van der Waals surface area (Å²) in [5.41, 5.74) is 2.41. The number of fused-ring (bicyclic) bond motifs is 1. The number of ether oxygens (including phenoxy) is 1. The molecule has 0 aliphatic heterocycles. The van der Waals surface area contributed by atoms with E-state index in [2.05, 4.69) is 4.98 Å². The lowest BCUT2D eigenvalue weighted by Gasteiger charge is -2.08. The van der Waals surface area contributed by atoms with Crippen LogP contribution in [0.15, 0.2) is 42.5 Å². The number of Topliss-reactive ketones (excluding diaryl/α,β-unsaturated/α-hetero) is 1. The number of aromatic nitrogens is 1. The molecule has 112 valence electrons. The van der Waals surface area contributed by atoms with E-state index in [1.165, 1.54) is 0 Å². The molecule has 5 heteroatoms. The van der Waals surface area contributed by atoms with Crippen LogP contribution < -0.4 is 4.74 Å². The van der Waals surface area contributed by atoms with Crippen molar-refractivity contribution < 1.29 is 9.53 Å². The molecule has 0 saturated heterocycles. The van der Waals surface area contributed by atoms with Crippen LogP contribution in [0, 0.1) is 6.92 Å². The van der Waals surface area contributed by atoms with Crippen molar-refractivity contribution in [3.8, 4) is 5.75 Å². The highest BCUT2D eigenvalue weighted by Crippen LogP contribution is 2.28. The Bertz CT molecular complexity index is 855. The first-order valence-corrected chi connectivity index (χ1v) is 7.50. The molecule has 1 heterocycles. The second kappa shape index (κ2) is 6.03. The number of nitrogens with one attached hydrogen (secondary N) is 1. The maximum atomic E-state index is 12.5. The fourth-order valence-electron chi connectivity index (χ4n) is 2.44. The molecule has 0 spiro atoms. The van der Waals surface area contributed by atoms with Gasteiger partial charge in [-0.2, -0.15) is 0 Å². The number of rotatable bonds is 4. The summed E-state index contributed by atoms with van der Waals surface area (Å²) in [5.74, 6) is 0.297. The first-order valence-electron chi connectivity index (χ1n) is 6.74. The lowest BCUT2D eigenvalue weighted by atomic mass is 10.1. The number of halogens is 2. The maximum Gasteiger partial charge on any atom is 0.202 e. The molecule has 0 aliphatic rings. The summed E-state index contributed by atoms with van der Waals surface area (Å²) >= 11 is 11.9. The normalized spacial score (nSPS) is 10.9. The van der Waals surface area contributed by atoms with E-state index < -0.39 is 0 Å². The molecule has 3 rings (SSSR count). The number of carbonyl (C=O) groups is 1. The summed E-state index contributed by atoms with van der Waals surface area (Å²) in [6.45, 7) is 1.78. The summed E-state index contributed by atoms with van der Waals surface area (Å²) in [6.07, 6.45) is 0. The summed E-state index contributed by atoms with van der Waals surface area (Å²) < 4.78 is 5.53. The van der Waals surface area contributed by atoms with Crippen LogP contribution in [0.25, 0.3) is 10.9 Å². The van der Waals surface area contributed by atoms with Crippen molar-refractivity contribution >= 4 is 39.9 Å². The quantitative estimate of drug-likeness (QED) is 0.679.